The molecule has 1 aromatic heterocycles. The molecule has 0 aliphatic rings. The van der Waals surface area contributed by atoms with E-state index >= 15 is 0 Å². The van der Waals surface area contributed by atoms with Crippen molar-refractivity contribution in [2.45, 2.75) is 6.61 Å². The van der Waals surface area contributed by atoms with Gasteiger partial charge in [-0.3, -0.25) is 4.79 Å². The smallest absolute Gasteiger partial charge is 0.387 e. The molecule has 0 saturated carbocycles. The minimum Gasteiger partial charge on any atom is -0.432 e. The molecule has 1 heterocycles. The van der Waals surface area contributed by atoms with E-state index < -0.39 is 34.8 Å². The maximum Gasteiger partial charge on any atom is 0.387 e. The van der Waals surface area contributed by atoms with E-state index in [4.69, 9.17) is 0 Å². The van der Waals surface area contributed by atoms with Crippen LogP contribution in [0.2, 0.25) is 0 Å². The summed E-state index contributed by atoms with van der Waals surface area (Å²) < 4.78 is 41.5. The Bertz CT molecular complexity index is 768. The monoisotopic (exact) mass is 394 g/mol. The number of alkyl halides is 2. The average molecular weight is 395 g/mol. The normalized spacial score (nSPS) is 10.7. The number of nitro groups is 1. The number of hydrogen-bond donors (Lipinski definition) is 2. The van der Waals surface area contributed by atoms with Crippen LogP contribution in [0.1, 0.15) is 10.5 Å². The quantitative estimate of drug-likeness (QED) is 0.597. The largest absolute Gasteiger partial charge is 0.432 e. The number of amides is 1. The highest BCUT2D eigenvalue weighted by molar-refractivity contribution is 9.10. The summed E-state index contributed by atoms with van der Waals surface area (Å²) in [6.45, 7) is -3.23. The number of ether oxygens (including phenoxy) is 1. The van der Waals surface area contributed by atoms with Crippen molar-refractivity contribution in [2.75, 3.05) is 5.32 Å². The van der Waals surface area contributed by atoms with Crippen LogP contribution in [0.4, 0.5) is 24.7 Å². The minimum atomic E-state index is -3.23. The average Bonchev–Trinajstić information content (AvgIpc) is 2.83. The van der Waals surface area contributed by atoms with Crippen LogP contribution in [0, 0.1) is 15.9 Å². The van der Waals surface area contributed by atoms with E-state index in [1.165, 1.54) is 0 Å². The number of H-pyrrole nitrogens is 1. The zero-order valence-electron chi connectivity index (χ0n) is 10.8. The fraction of sp³-hybridized carbons (Fsp3) is 0.0909. The Morgan fingerprint density at radius 2 is 2.17 bits per heavy atom. The van der Waals surface area contributed by atoms with Gasteiger partial charge in [-0.05, 0) is 33.0 Å². The van der Waals surface area contributed by atoms with Gasteiger partial charge in [0.25, 0.3) is 5.91 Å². The first kappa shape index (κ1) is 16.7. The van der Waals surface area contributed by atoms with Crippen molar-refractivity contribution in [1.82, 2.24) is 10.2 Å². The minimum absolute atomic E-state index is 0.224. The standard InChI is InChI=1S/C11H6BrF3N4O4/c12-7-8(17-18-9(7)19(21)22)10(20)16-5-2-1-4(13)3-6(5)23-11(14)15/h1-3,11H,(H,16,20)(H,17,18). The van der Waals surface area contributed by atoms with Crippen molar-refractivity contribution < 1.29 is 27.6 Å². The first-order valence-corrected chi connectivity index (χ1v) is 6.53. The highest BCUT2D eigenvalue weighted by Gasteiger charge is 2.25. The van der Waals surface area contributed by atoms with E-state index in [2.05, 4.69) is 31.1 Å². The van der Waals surface area contributed by atoms with Crippen molar-refractivity contribution in [3.8, 4) is 5.75 Å². The van der Waals surface area contributed by atoms with Crippen molar-refractivity contribution in [1.29, 1.82) is 0 Å². The topological polar surface area (TPSA) is 110 Å². The molecule has 1 aromatic carbocycles. The van der Waals surface area contributed by atoms with E-state index in [1.54, 1.807) is 0 Å². The van der Waals surface area contributed by atoms with Gasteiger partial charge in [-0.25, -0.2) is 4.39 Å². The van der Waals surface area contributed by atoms with E-state index in [0.717, 1.165) is 12.1 Å². The first-order chi connectivity index (χ1) is 10.8. The Labute approximate surface area is 133 Å². The van der Waals surface area contributed by atoms with Crippen LogP contribution in [-0.2, 0) is 0 Å². The lowest BCUT2D eigenvalue weighted by Crippen LogP contribution is -2.15. The summed E-state index contributed by atoms with van der Waals surface area (Å²) in [5.74, 6) is -2.96. The summed E-state index contributed by atoms with van der Waals surface area (Å²) in [7, 11) is 0. The Morgan fingerprint density at radius 3 is 2.74 bits per heavy atom. The molecule has 0 radical (unpaired) electrons. The molecule has 0 saturated heterocycles. The van der Waals surface area contributed by atoms with Crippen LogP contribution < -0.4 is 10.1 Å². The summed E-state index contributed by atoms with van der Waals surface area (Å²) in [6.07, 6.45) is 0. The zero-order valence-corrected chi connectivity index (χ0v) is 12.4. The third-order valence-electron chi connectivity index (χ3n) is 2.49. The van der Waals surface area contributed by atoms with Crippen LogP contribution in [0.5, 0.6) is 5.75 Å². The summed E-state index contributed by atoms with van der Waals surface area (Å²) in [6, 6.07) is 2.57. The van der Waals surface area contributed by atoms with E-state index in [0.29, 0.717) is 6.07 Å². The van der Waals surface area contributed by atoms with E-state index in [9.17, 15) is 28.1 Å². The molecule has 122 valence electrons. The Hall–Kier alpha value is -2.63. The fourth-order valence-corrected chi connectivity index (χ4v) is 2.07. The van der Waals surface area contributed by atoms with Crippen molar-refractivity contribution >= 4 is 33.3 Å². The molecule has 0 bridgehead atoms. The van der Waals surface area contributed by atoms with Crippen LogP contribution >= 0.6 is 15.9 Å². The molecule has 8 nitrogen and oxygen atoms in total. The third-order valence-corrected chi connectivity index (χ3v) is 3.25. The molecular formula is C11H6BrF3N4O4. The summed E-state index contributed by atoms with van der Waals surface area (Å²) >= 11 is 2.83. The van der Waals surface area contributed by atoms with Crippen molar-refractivity contribution in [2.24, 2.45) is 0 Å². The lowest BCUT2D eigenvalue weighted by Gasteiger charge is -2.11. The lowest BCUT2D eigenvalue weighted by molar-refractivity contribution is -0.390. The second kappa shape index (κ2) is 6.64. The summed E-state index contributed by atoms with van der Waals surface area (Å²) in [5.41, 5.74) is -0.640. The summed E-state index contributed by atoms with van der Waals surface area (Å²) in [5, 5.41) is 18.3. The molecule has 23 heavy (non-hydrogen) atoms. The number of anilines is 1. The van der Waals surface area contributed by atoms with Gasteiger partial charge in [0.05, 0.1) is 5.69 Å². The van der Waals surface area contributed by atoms with Gasteiger partial charge < -0.3 is 20.2 Å². The zero-order chi connectivity index (χ0) is 17.1. The third kappa shape index (κ3) is 3.77. The van der Waals surface area contributed by atoms with Gasteiger partial charge in [0.15, 0.2) is 11.4 Å². The van der Waals surface area contributed by atoms with Gasteiger partial charge in [0.1, 0.15) is 10.3 Å². The molecule has 0 unspecified atom stereocenters. The molecular weight excluding hydrogens is 389 g/mol. The number of benzene rings is 1. The van der Waals surface area contributed by atoms with Gasteiger partial charge in [-0.15, -0.1) is 5.10 Å². The highest BCUT2D eigenvalue weighted by Crippen LogP contribution is 2.30. The van der Waals surface area contributed by atoms with Gasteiger partial charge in [-0.1, -0.05) is 5.10 Å². The maximum absolute atomic E-state index is 13.1. The first-order valence-electron chi connectivity index (χ1n) is 5.73. The molecule has 0 aliphatic carbocycles. The number of hydrogen-bond acceptors (Lipinski definition) is 5. The second-order valence-electron chi connectivity index (χ2n) is 3.97. The Morgan fingerprint density at radius 1 is 1.48 bits per heavy atom. The number of halogens is 4. The molecule has 2 aromatic rings. The molecule has 0 spiro atoms. The van der Waals surface area contributed by atoms with Crippen LogP contribution in [-0.4, -0.2) is 27.6 Å². The van der Waals surface area contributed by atoms with Crippen molar-refractivity contribution in [3.63, 3.8) is 0 Å². The number of rotatable bonds is 5. The number of carbonyl (C=O) groups is 1. The van der Waals surface area contributed by atoms with Gasteiger partial charge in [-0.2, -0.15) is 8.78 Å². The van der Waals surface area contributed by atoms with Gasteiger partial charge in [0.2, 0.25) is 0 Å². The Kier molecular flexibility index (Phi) is 4.83. The molecule has 1 amide bonds. The number of carbonyl (C=O) groups excluding carboxylic acids is 1. The highest BCUT2D eigenvalue weighted by atomic mass is 79.9. The number of nitrogens with one attached hydrogen (secondary N) is 2. The van der Waals surface area contributed by atoms with Crippen LogP contribution in [0.3, 0.4) is 0 Å². The van der Waals surface area contributed by atoms with Crippen LogP contribution in [0.25, 0.3) is 0 Å². The predicted molar refractivity (Wildman–Crippen MR) is 73.9 cm³/mol. The van der Waals surface area contributed by atoms with Crippen LogP contribution in [0.15, 0.2) is 22.7 Å². The maximum atomic E-state index is 13.1. The molecule has 2 rings (SSSR count). The number of aromatic amines is 1. The molecule has 0 fully saturated rings. The lowest BCUT2D eigenvalue weighted by atomic mass is 10.2. The SMILES string of the molecule is O=C(Nc1ccc(F)cc1OC(F)F)c1n[nH]c([N+](=O)[O-])c1Br. The fourth-order valence-electron chi connectivity index (χ4n) is 1.57. The van der Waals surface area contributed by atoms with E-state index in [1.807, 2.05) is 5.10 Å². The molecule has 12 heteroatoms. The molecule has 0 atom stereocenters. The predicted octanol–water partition coefficient (Wildman–Crippen LogP) is 3.07. The second-order valence-corrected chi connectivity index (χ2v) is 4.76. The van der Waals surface area contributed by atoms with Gasteiger partial charge >= 0.3 is 12.4 Å². The van der Waals surface area contributed by atoms with E-state index in [-0.39, 0.29) is 15.9 Å². The number of nitrogens with zero attached hydrogens (tertiary/aromatic N) is 2. The Balaban J connectivity index is 2.28. The number of aromatic nitrogens is 2. The summed E-state index contributed by atoms with van der Waals surface area (Å²) in [4.78, 5) is 21.9. The van der Waals surface area contributed by atoms with Crippen molar-refractivity contribution in [3.05, 3.63) is 44.3 Å². The molecule has 0 aliphatic heterocycles. The van der Waals surface area contributed by atoms with Gasteiger partial charge in [0, 0.05) is 6.07 Å². The molecule has 2 N–H and O–H groups in total.